The molecule has 3 rings (SSSR count). The highest BCUT2D eigenvalue weighted by Crippen LogP contribution is 2.36. The molecule has 25 heavy (non-hydrogen) atoms. The third-order valence-corrected chi connectivity index (χ3v) is 5.11. The Hall–Kier alpha value is -2.04. The molecule has 1 aliphatic rings. The molecule has 132 valence electrons. The molecule has 0 radical (unpaired) electrons. The summed E-state index contributed by atoms with van der Waals surface area (Å²) in [7, 11) is 1.63. The molecule has 5 heteroatoms. The van der Waals surface area contributed by atoms with Crippen LogP contribution in [0.2, 0.25) is 5.02 Å². The van der Waals surface area contributed by atoms with Crippen molar-refractivity contribution in [3.63, 3.8) is 0 Å². The van der Waals surface area contributed by atoms with Crippen molar-refractivity contribution in [2.45, 2.75) is 31.3 Å². The number of aliphatic hydroxyl groups is 1. The zero-order chi connectivity index (χ0) is 17.9. The van der Waals surface area contributed by atoms with Gasteiger partial charge in [0.15, 0.2) is 0 Å². The lowest BCUT2D eigenvalue weighted by molar-refractivity contribution is -0.122. The third kappa shape index (κ3) is 3.97. The number of ether oxygens (including phenoxy) is 1. The van der Waals surface area contributed by atoms with E-state index in [0.717, 1.165) is 35.3 Å². The monoisotopic (exact) mass is 359 g/mol. The van der Waals surface area contributed by atoms with E-state index in [0.29, 0.717) is 11.4 Å². The van der Waals surface area contributed by atoms with Gasteiger partial charge in [0.2, 0.25) is 5.91 Å². The summed E-state index contributed by atoms with van der Waals surface area (Å²) < 4.78 is 5.26. The smallest absolute Gasteiger partial charge is 0.224 e. The fourth-order valence-corrected chi connectivity index (χ4v) is 3.57. The van der Waals surface area contributed by atoms with E-state index in [2.05, 4.69) is 5.32 Å². The second-order valence-electron chi connectivity index (χ2n) is 6.45. The first-order chi connectivity index (χ1) is 12.0. The number of hydrogen-bond donors (Lipinski definition) is 2. The minimum absolute atomic E-state index is 0.151. The normalized spacial score (nSPS) is 19.2. The molecule has 0 bridgehead atoms. The molecule has 0 heterocycles. The number of amides is 1. The SMILES string of the molecule is COc1ccc2c(c1)CCCC2(O)CNC(=O)Cc1ccccc1Cl. The average molecular weight is 360 g/mol. The van der Waals surface area contributed by atoms with E-state index in [-0.39, 0.29) is 18.9 Å². The van der Waals surface area contributed by atoms with Crippen LogP contribution in [0.4, 0.5) is 0 Å². The van der Waals surface area contributed by atoms with Crippen LogP contribution >= 0.6 is 11.6 Å². The molecule has 0 saturated heterocycles. The second-order valence-corrected chi connectivity index (χ2v) is 6.86. The van der Waals surface area contributed by atoms with Gasteiger partial charge in [0.25, 0.3) is 0 Å². The van der Waals surface area contributed by atoms with Gasteiger partial charge in [0.05, 0.1) is 20.1 Å². The molecule has 1 amide bonds. The molecular weight excluding hydrogens is 338 g/mol. The van der Waals surface area contributed by atoms with Crippen molar-refractivity contribution in [2.24, 2.45) is 0 Å². The van der Waals surface area contributed by atoms with Gasteiger partial charge >= 0.3 is 0 Å². The molecule has 2 aromatic rings. The Morgan fingerprint density at radius 1 is 1.32 bits per heavy atom. The van der Waals surface area contributed by atoms with E-state index in [1.807, 2.05) is 36.4 Å². The van der Waals surface area contributed by atoms with Crippen molar-refractivity contribution in [3.8, 4) is 5.75 Å². The van der Waals surface area contributed by atoms with Crippen molar-refractivity contribution in [1.29, 1.82) is 0 Å². The predicted octanol–water partition coefficient (Wildman–Crippen LogP) is 3.23. The van der Waals surface area contributed by atoms with E-state index < -0.39 is 5.60 Å². The molecule has 2 N–H and O–H groups in total. The van der Waals surface area contributed by atoms with Crippen LogP contribution in [0.15, 0.2) is 42.5 Å². The number of carbonyl (C=O) groups is 1. The molecular formula is C20H22ClNO3. The van der Waals surface area contributed by atoms with Crippen molar-refractivity contribution in [3.05, 3.63) is 64.2 Å². The number of methoxy groups -OCH3 is 1. The largest absolute Gasteiger partial charge is 0.497 e. The van der Waals surface area contributed by atoms with E-state index in [1.54, 1.807) is 13.2 Å². The summed E-state index contributed by atoms with van der Waals surface area (Å²) in [6.07, 6.45) is 2.60. The molecule has 1 aliphatic carbocycles. The second kappa shape index (κ2) is 7.46. The van der Waals surface area contributed by atoms with Gasteiger partial charge < -0.3 is 15.2 Å². The number of aryl methyl sites for hydroxylation is 1. The third-order valence-electron chi connectivity index (χ3n) is 4.74. The van der Waals surface area contributed by atoms with Crippen LogP contribution in [0.25, 0.3) is 0 Å². The highest BCUT2D eigenvalue weighted by atomic mass is 35.5. The first kappa shape index (κ1) is 17.8. The number of fused-ring (bicyclic) bond motifs is 1. The molecule has 2 aromatic carbocycles. The zero-order valence-electron chi connectivity index (χ0n) is 14.2. The maximum Gasteiger partial charge on any atom is 0.224 e. The van der Waals surface area contributed by atoms with Crippen molar-refractivity contribution in [2.75, 3.05) is 13.7 Å². The Labute approximate surface area is 152 Å². The topological polar surface area (TPSA) is 58.6 Å². The van der Waals surface area contributed by atoms with Crippen LogP contribution in [0.5, 0.6) is 5.75 Å². The van der Waals surface area contributed by atoms with Crippen LogP contribution in [0, 0.1) is 0 Å². The number of benzene rings is 2. The van der Waals surface area contributed by atoms with Gasteiger partial charge in [0.1, 0.15) is 11.4 Å². The lowest BCUT2D eigenvalue weighted by atomic mass is 9.79. The number of rotatable bonds is 5. The summed E-state index contributed by atoms with van der Waals surface area (Å²) in [4.78, 5) is 12.3. The Kier molecular flexibility index (Phi) is 5.30. The Balaban J connectivity index is 1.69. The highest BCUT2D eigenvalue weighted by molar-refractivity contribution is 6.31. The highest BCUT2D eigenvalue weighted by Gasteiger charge is 2.34. The van der Waals surface area contributed by atoms with Crippen molar-refractivity contribution >= 4 is 17.5 Å². The van der Waals surface area contributed by atoms with Crippen LogP contribution in [0.3, 0.4) is 0 Å². The first-order valence-electron chi connectivity index (χ1n) is 8.42. The van der Waals surface area contributed by atoms with Crippen LogP contribution in [0.1, 0.15) is 29.5 Å². The van der Waals surface area contributed by atoms with Crippen LogP contribution in [-0.4, -0.2) is 24.7 Å². The average Bonchev–Trinajstić information content (AvgIpc) is 2.62. The van der Waals surface area contributed by atoms with E-state index >= 15 is 0 Å². The van der Waals surface area contributed by atoms with Crippen LogP contribution < -0.4 is 10.1 Å². The number of halogens is 1. The standard InChI is InChI=1S/C20H22ClNO3/c1-25-16-8-9-17-14(11-16)6-4-10-20(17,24)13-22-19(23)12-15-5-2-3-7-18(15)21/h2-3,5,7-9,11,24H,4,6,10,12-13H2,1H3,(H,22,23). The summed E-state index contributed by atoms with van der Waals surface area (Å²) in [5.41, 5.74) is 1.68. The summed E-state index contributed by atoms with van der Waals surface area (Å²) in [6, 6.07) is 13.0. The molecule has 4 nitrogen and oxygen atoms in total. The fraction of sp³-hybridized carbons (Fsp3) is 0.350. The van der Waals surface area contributed by atoms with E-state index in [1.165, 1.54) is 0 Å². The van der Waals surface area contributed by atoms with E-state index in [9.17, 15) is 9.90 Å². The first-order valence-corrected chi connectivity index (χ1v) is 8.79. The number of hydrogen-bond acceptors (Lipinski definition) is 3. The minimum atomic E-state index is -1.05. The lowest BCUT2D eigenvalue weighted by Crippen LogP contribution is -2.43. The quantitative estimate of drug-likeness (QED) is 0.861. The van der Waals surface area contributed by atoms with Crippen LogP contribution in [-0.2, 0) is 23.2 Å². The van der Waals surface area contributed by atoms with Gasteiger partial charge in [-0.05, 0) is 54.2 Å². The van der Waals surface area contributed by atoms with Gasteiger partial charge in [-0.1, -0.05) is 35.9 Å². The molecule has 1 unspecified atom stereocenters. The minimum Gasteiger partial charge on any atom is -0.497 e. The van der Waals surface area contributed by atoms with Gasteiger partial charge in [-0.15, -0.1) is 0 Å². The molecule has 0 aromatic heterocycles. The Bertz CT molecular complexity index is 777. The Morgan fingerprint density at radius 2 is 2.12 bits per heavy atom. The number of nitrogens with one attached hydrogen (secondary N) is 1. The van der Waals surface area contributed by atoms with Crippen molar-refractivity contribution < 1.29 is 14.6 Å². The maximum atomic E-state index is 12.3. The summed E-state index contributed by atoms with van der Waals surface area (Å²) in [5.74, 6) is 0.632. The van der Waals surface area contributed by atoms with Gasteiger partial charge in [-0.25, -0.2) is 0 Å². The predicted molar refractivity (Wildman–Crippen MR) is 98.0 cm³/mol. The molecule has 0 saturated carbocycles. The maximum absolute atomic E-state index is 12.3. The summed E-state index contributed by atoms with van der Waals surface area (Å²) in [5, 5.41) is 14.5. The van der Waals surface area contributed by atoms with Crippen molar-refractivity contribution in [1.82, 2.24) is 5.32 Å². The summed E-state index contributed by atoms with van der Waals surface area (Å²) >= 11 is 6.10. The fourth-order valence-electron chi connectivity index (χ4n) is 3.37. The van der Waals surface area contributed by atoms with Gasteiger partial charge in [-0.2, -0.15) is 0 Å². The van der Waals surface area contributed by atoms with Gasteiger partial charge in [0, 0.05) is 5.02 Å². The summed E-state index contributed by atoms with van der Waals surface area (Å²) in [6.45, 7) is 0.190. The number of carbonyl (C=O) groups excluding carboxylic acids is 1. The van der Waals surface area contributed by atoms with E-state index in [4.69, 9.17) is 16.3 Å². The lowest BCUT2D eigenvalue weighted by Gasteiger charge is -2.35. The molecule has 0 aliphatic heterocycles. The molecule has 0 spiro atoms. The van der Waals surface area contributed by atoms with Gasteiger partial charge in [-0.3, -0.25) is 4.79 Å². The zero-order valence-corrected chi connectivity index (χ0v) is 15.0. The molecule has 1 atom stereocenters. The molecule has 0 fully saturated rings. The Morgan fingerprint density at radius 3 is 2.88 bits per heavy atom.